The van der Waals surface area contributed by atoms with Crippen molar-refractivity contribution in [2.24, 2.45) is 7.05 Å². The van der Waals surface area contributed by atoms with Crippen LogP contribution in [0.15, 0.2) is 0 Å². The third kappa shape index (κ3) is 3.31. The highest BCUT2D eigenvalue weighted by atomic mass is 19.4. The fourth-order valence-corrected chi connectivity index (χ4v) is 0.810. The first kappa shape index (κ1) is 12.7. The molecular weight excluding hydrogens is 242 g/mol. The molecule has 0 aliphatic rings. The van der Waals surface area contributed by atoms with E-state index in [4.69, 9.17) is 0 Å². The summed E-state index contributed by atoms with van der Waals surface area (Å²) in [5, 5.41) is 2.93. The molecule has 0 atom stereocenters. The fraction of sp³-hybridized carbons (Fsp3) is 0.571. The first-order valence-electron chi connectivity index (χ1n) is 3.82. The van der Waals surface area contributed by atoms with Crippen LogP contribution in [0.2, 0.25) is 0 Å². The quantitative estimate of drug-likeness (QED) is 0.749. The van der Waals surface area contributed by atoms with E-state index in [0.717, 1.165) is 7.05 Å². The SMILES string of the molecule is Cn1nc(C(F)(F)F)[c]c1OCC(F)(F)F. The molecule has 0 N–H and O–H groups in total. The van der Waals surface area contributed by atoms with E-state index < -0.39 is 30.5 Å². The van der Waals surface area contributed by atoms with Gasteiger partial charge in [-0.3, -0.25) is 0 Å². The molecule has 0 fully saturated rings. The van der Waals surface area contributed by atoms with Crippen LogP contribution >= 0.6 is 0 Å². The summed E-state index contributed by atoms with van der Waals surface area (Å²) in [7, 11) is 1.03. The van der Waals surface area contributed by atoms with Crippen LogP contribution in [0, 0.1) is 6.07 Å². The Hall–Kier alpha value is -1.41. The average molecular weight is 247 g/mol. The number of hydrogen-bond acceptors (Lipinski definition) is 2. The van der Waals surface area contributed by atoms with Crippen LogP contribution in [0.25, 0.3) is 0 Å². The van der Waals surface area contributed by atoms with Crippen molar-refractivity contribution in [3.63, 3.8) is 0 Å². The molecule has 9 heteroatoms. The molecular formula is C7H5F6N2O. The Labute approximate surface area is 85.6 Å². The monoisotopic (exact) mass is 247 g/mol. The van der Waals surface area contributed by atoms with Gasteiger partial charge in [0.25, 0.3) is 0 Å². The molecule has 0 unspecified atom stereocenters. The number of aryl methyl sites for hydroxylation is 1. The van der Waals surface area contributed by atoms with Gasteiger partial charge in [0.1, 0.15) is 0 Å². The van der Waals surface area contributed by atoms with Gasteiger partial charge in [-0.2, -0.15) is 31.4 Å². The van der Waals surface area contributed by atoms with Gasteiger partial charge in [0.15, 0.2) is 12.3 Å². The summed E-state index contributed by atoms with van der Waals surface area (Å²) in [6, 6.07) is 1.60. The molecule has 0 bridgehead atoms. The summed E-state index contributed by atoms with van der Waals surface area (Å²) in [6.07, 6.45) is -9.39. The molecule has 0 aromatic carbocycles. The molecule has 1 radical (unpaired) electrons. The molecule has 1 aromatic rings. The lowest BCUT2D eigenvalue weighted by molar-refractivity contribution is -0.154. The topological polar surface area (TPSA) is 27.1 Å². The van der Waals surface area contributed by atoms with Crippen LogP contribution in [0.1, 0.15) is 5.69 Å². The predicted octanol–water partition coefficient (Wildman–Crippen LogP) is 2.18. The highest BCUT2D eigenvalue weighted by molar-refractivity contribution is 5.15. The molecule has 0 saturated heterocycles. The Bertz CT molecular complexity index is 366. The normalized spacial score (nSPS) is 12.9. The van der Waals surface area contributed by atoms with E-state index in [0.29, 0.717) is 4.68 Å². The lowest BCUT2D eigenvalue weighted by Gasteiger charge is -2.07. The second kappa shape index (κ2) is 3.87. The maximum absolute atomic E-state index is 12.1. The highest BCUT2D eigenvalue weighted by Crippen LogP contribution is 2.30. The molecule has 1 heterocycles. The van der Waals surface area contributed by atoms with Gasteiger partial charge in [0.2, 0.25) is 5.88 Å². The van der Waals surface area contributed by atoms with Crippen molar-refractivity contribution in [3.05, 3.63) is 11.8 Å². The minimum atomic E-state index is -4.77. The molecule has 91 valence electrons. The van der Waals surface area contributed by atoms with Gasteiger partial charge < -0.3 is 4.74 Å². The number of hydrogen-bond donors (Lipinski definition) is 0. The van der Waals surface area contributed by atoms with Crippen molar-refractivity contribution in [2.75, 3.05) is 6.61 Å². The van der Waals surface area contributed by atoms with Gasteiger partial charge in [-0.15, -0.1) is 0 Å². The molecule has 3 nitrogen and oxygen atoms in total. The van der Waals surface area contributed by atoms with Crippen LogP contribution < -0.4 is 4.74 Å². The average Bonchev–Trinajstić information content (AvgIpc) is 2.41. The minimum absolute atomic E-state index is 0.536. The Kier molecular flexibility index (Phi) is 3.06. The van der Waals surface area contributed by atoms with E-state index in [-0.39, 0.29) is 0 Å². The molecule has 0 spiro atoms. The smallest absolute Gasteiger partial charge is 0.435 e. The zero-order chi connectivity index (χ0) is 12.6. The van der Waals surface area contributed by atoms with Gasteiger partial charge in [0.05, 0.1) is 6.07 Å². The Morgan fingerprint density at radius 2 is 1.81 bits per heavy atom. The number of alkyl halides is 6. The molecule has 0 aliphatic heterocycles. The van der Waals surface area contributed by atoms with E-state index in [2.05, 4.69) is 9.84 Å². The maximum atomic E-state index is 12.1. The third-order valence-electron chi connectivity index (χ3n) is 1.41. The van der Waals surface area contributed by atoms with Crippen LogP contribution in [-0.4, -0.2) is 22.6 Å². The van der Waals surface area contributed by atoms with Crippen LogP contribution in [0.4, 0.5) is 26.3 Å². The van der Waals surface area contributed by atoms with Crippen LogP contribution in [-0.2, 0) is 13.2 Å². The Morgan fingerprint density at radius 1 is 1.25 bits per heavy atom. The van der Waals surface area contributed by atoms with E-state index in [1.807, 2.05) is 0 Å². The zero-order valence-electron chi connectivity index (χ0n) is 7.78. The highest BCUT2D eigenvalue weighted by Gasteiger charge is 2.36. The first-order chi connectivity index (χ1) is 7.09. The van der Waals surface area contributed by atoms with Crippen LogP contribution in [0.5, 0.6) is 5.88 Å². The van der Waals surface area contributed by atoms with Crippen molar-refractivity contribution in [1.29, 1.82) is 0 Å². The number of nitrogens with zero attached hydrogens (tertiary/aromatic N) is 2. The van der Waals surface area contributed by atoms with Crippen molar-refractivity contribution in [2.45, 2.75) is 12.4 Å². The molecule has 1 aromatic heterocycles. The van der Waals surface area contributed by atoms with Gasteiger partial charge in [-0.25, -0.2) is 4.68 Å². The van der Waals surface area contributed by atoms with Crippen molar-refractivity contribution in [1.82, 2.24) is 9.78 Å². The Balaban J connectivity index is 2.79. The second-order valence-corrected chi connectivity index (χ2v) is 2.80. The summed E-state index contributed by atoms with van der Waals surface area (Å²) >= 11 is 0. The molecule has 16 heavy (non-hydrogen) atoms. The lowest BCUT2D eigenvalue weighted by Crippen LogP contribution is -2.20. The second-order valence-electron chi connectivity index (χ2n) is 2.80. The van der Waals surface area contributed by atoms with Crippen molar-refractivity contribution < 1.29 is 31.1 Å². The summed E-state index contributed by atoms with van der Waals surface area (Å²) in [4.78, 5) is 0. The van der Waals surface area contributed by atoms with E-state index in [1.54, 1.807) is 6.07 Å². The number of rotatable bonds is 2. The van der Waals surface area contributed by atoms with Crippen molar-refractivity contribution in [3.8, 4) is 5.88 Å². The summed E-state index contributed by atoms with van der Waals surface area (Å²) in [6.45, 7) is -1.69. The van der Waals surface area contributed by atoms with Gasteiger partial charge in [-0.1, -0.05) is 0 Å². The zero-order valence-corrected chi connectivity index (χ0v) is 7.78. The van der Waals surface area contributed by atoms with Gasteiger partial charge >= 0.3 is 12.4 Å². The van der Waals surface area contributed by atoms with E-state index in [9.17, 15) is 26.3 Å². The molecule has 1 rings (SSSR count). The Morgan fingerprint density at radius 3 is 2.19 bits per heavy atom. The maximum Gasteiger partial charge on any atom is 0.435 e. The number of ether oxygens (including phenoxy) is 1. The summed E-state index contributed by atoms with van der Waals surface area (Å²) in [5.74, 6) is -0.718. The number of aromatic nitrogens is 2. The first-order valence-corrected chi connectivity index (χ1v) is 3.82. The molecule has 0 saturated carbocycles. The molecule has 0 aliphatic carbocycles. The van der Waals surface area contributed by atoms with E-state index >= 15 is 0 Å². The minimum Gasteiger partial charge on any atom is -0.468 e. The van der Waals surface area contributed by atoms with Gasteiger partial charge in [-0.05, 0) is 0 Å². The molecule has 0 amide bonds. The summed E-state index contributed by atoms with van der Waals surface area (Å²) < 4.78 is 76.0. The van der Waals surface area contributed by atoms with Gasteiger partial charge in [0, 0.05) is 7.05 Å². The van der Waals surface area contributed by atoms with Crippen molar-refractivity contribution >= 4 is 0 Å². The van der Waals surface area contributed by atoms with E-state index in [1.165, 1.54) is 0 Å². The summed E-state index contributed by atoms with van der Waals surface area (Å²) in [5.41, 5.74) is -1.42. The fourth-order valence-electron chi connectivity index (χ4n) is 0.810. The lowest BCUT2D eigenvalue weighted by atomic mass is 10.4. The third-order valence-corrected chi connectivity index (χ3v) is 1.41. The number of halogens is 6. The predicted molar refractivity (Wildman–Crippen MR) is 38.6 cm³/mol. The largest absolute Gasteiger partial charge is 0.468 e. The van der Waals surface area contributed by atoms with Crippen LogP contribution in [0.3, 0.4) is 0 Å². The standard InChI is InChI=1S/C7H5F6N2O/c1-15-5(16-3-6(8,9)10)2-4(14-15)7(11,12)13/h3H2,1H3.